The average molecular weight is 405 g/mol. The highest BCUT2D eigenvalue weighted by Crippen LogP contribution is 2.30. The van der Waals surface area contributed by atoms with Gasteiger partial charge in [0.25, 0.3) is 5.91 Å². The number of aromatic nitrogens is 3. The minimum absolute atomic E-state index is 0.291. The van der Waals surface area contributed by atoms with Crippen LogP contribution in [0.5, 0.6) is 0 Å². The Morgan fingerprint density at radius 1 is 1.00 bits per heavy atom. The van der Waals surface area contributed by atoms with E-state index in [1.807, 2.05) is 70.2 Å². The second kappa shape index (κ2) is 7.33. The molecule has 2 heterocycles. The zero-order valence-corrected chi connectivity index (χ0v) is 17.5. The van der Waals surface area contributed by atoms with Crippen molar-refractivity contribution < 1.29 is 4.79 Å². The third-order valence-corrected chi connectivity index (χ3v) is 5.36. The summed E-state index contributed by atoms with van der Waals surface area (Å²) in [6.07, 6.45) is 1.51. The molecule has 0 unspecified atom stereocenters. The summed E-state index contributed by atoms with van der Waals surface area (Å²) in [5.41, 5.74) is 6.55. The highest BCUT2D eigenvalue weighted by atomic mass is 35.5. The largest absolute Gasteiger partial charge is 0.322 e. The van der Waals surface area contributed by atoms with Crippen molar-refractivity contribution >= 4 is 34.2 Å². The Bertz CT molecular complexity index is 1240. The van der Waals surface area contributed by atoms with Gasteiger partial charge >= 0.3 is 0 Å². The first-order chi connectivity index (χ1) is 13.8. The molecule has 0 saturated heterocycles. The zero-order valence-electron chi connectivity index (χ0n) is 16.7. The van der Waals surface area contributed by atoms with Crippen molar-refractivity contribution in [1.29, 1.82) is 0 Å². The molecule has 0 atom stereocenters. The molecule has 2 aromatic heterocycles. The number of amides is 1. The van der Waals surface area contributed by atoms with Crippen LogP contribution in [0.4, 0.5) is 5.69 Å². The van der Waals surface area contributed by atoms with E-state index in [1.54, 1.807) is 4.68 Å². The molecule has 6 heteroatoms. The molecular formula is C23H21ClN4O. The number of pyridine rings is 1. The monoisotopic (exact) mass is 404 g/mol. The first-order valence-corrected chi connectivity index (χ1v) is 9.72. The summed E-state index contributed by atoms with van der Waals surface area (Å²) in [6, 6.07) is 13.9. The van der Waals surface area contributed by atoms with Crippen LogP contribution in [0.2, 0.25) is 5.02 Å². The summed E-state index contributed by atoms with van der Waals surface area (Å²) < 4.78 is 1.75. The molecule has 0 bridgehead atoms. The van der Waals surface area contributed by atoms with Gasteiger partial charge in [0, 0.05) is 11.9 Å². The van der Waals surface area contributed by atoms with Crippen molar-refractivity contribution in [3.05, 3.63) is 81.6 Å². The Morgan fingerprint density at radius 2 is 1.69 bits per heavy atom. The smallest absolute Gasteiger partial charge is 0.258 e. The lowest BCUT2D eigenvalue weighted by Gasteiger charge is -2.11. The average Bonchev–Trinajstić information content (AvgIpc) is 3.03. The van der Waals surface area contributed by atoms with Crippen LogP contribution in [0.3, 0.4) is 0 Å². The SMILES string of the molecule is Cc1ccc(-n2nc(C)c3c(Cl)c(C(=O)Nc4cc(C)ccc4C)cnc32)cc1. The summed E-state index contributed by atoms with van der Waals surface area (Å²) in [5.74, 6) is -0.291. The topological polar surface area (TPSA) is 59.8 Å². The minimum atomic E-state index is -0.291. The van der Waals surface area contributed by atoms with Gasteiger partial charge in [0.1, 0.15) is 0 Å². The fourth-order valence-electron chi connectivity index (χ4n) is 3.29. The maximum Gasteiger partial charge on any atom is 0.258 e. The predicted molar refractivity (Wildman–Crippen MR) is 117 cm³/mol. The number of aryl methyl sites for hydroxylation is 4. The molecule has 0 aliphatic carbocycles. The number of hydrogen-bond acceptors (Lipinski definition) is 3. The van der Waals surface area contributed by atoms with E-state index in [-0.39, 0.29) is 5.91 Å². The van der Waals surface area contributed by atoms with E-state index in [1.165, 1.54) is 11.8 Å². The molecule has 4 aromatic rings. The Balaban J connectivity index is 1.76. The maximum atomic E-state index is 12.9. The number of halogens is 1. The third kappa shape index (κ3) is 3.49. The summed E-state index contributed by atoms with van der Waals surface area (Å²) in [4.78, 5) is 17.4. The molecule has 0 spiro atoms. The Morgan fingerprint density at radius 3 is 2.41 bits per heavy atom. The number of hydrogen-bond donors (Lipinski definition) is 1. The number of fused-ring (bicyclic) bond motifs is 1. The lowest BCUT2D eigenvalue weighted by atomic mass is 10.1. The number of nitrogens with zero attached hydrogens (tertiary/aromatic N) is 3. The van der Waals surface area contributed by atoms with Gasteiger partial charge in [-0.15, -0.1) is 0 Å². The quantitative estimate of drug-likeness (QED) is 0.486. The van der Waals surface area contributed by atoms with Crippen LogP contribution in [-0.4, -0.2) is 20.7 Å². The molecule has 0 aliphatic heterocycles. The number of carbonyl (C=O) groups excluding carboxylic acids is 1. The van der Waals surface area contributed by atoms with Gasteiger partial charge in [0.2, 0.25) is 0 Å². The number of anilines is 1. The molecule has 0 fully saturated rings. The van der Waals surface area contributed by atoms with Crippen molar-refractivity contribution in [3.63, 3.8) is 0 Å². The van der Waals surface area contributed by atoms with Gasteiger partial charge in [0.05, 0.1) is 27.4 Å². The summed E-state index contributed by atoms with van der Waals surface area (Å²) >= 11 is 6.65. The standard InChI is InChI=1S/C23H21ClN4O/c1-13-6-9-17(10-7-13)28-22-20(16(4)27-28)21(24)18(12-25-22)23(29)26-19-11-14(2)5-8-15(19)3/h5-12H,1-4H3,(H,26,29). The van der Waals surface area contributed by atoms with Gasteiger partial charge in [-0.05, 0) is 57.0 Å². The minimum Gasteiger partial charge on any atom is -0.322 e. The van der Waals surface area contributed by atoms with Gasteiger partial charge in [-0.3, -0.25) is 4.79 Å². The summed E-state index contributed by atoms with van der Waals surface area (Å²) in [5, 5.41) is 8.58. The van der Waals surface area contributed by atoms with Crippen LogP contribution in [0.1, 0.15) is 32.7 Å². The Hall–Kier alpha value is -3.18. The van der Waals surface area contributed by atoms with Crippen molar-refractivity contribution in [3.8, 4) is 5.69 Å². The molecule has 146 valence electrons. The number of benzene rings is 2. The lowest BCUT2D eigenvalue weighted by Crippen LogP contribution is -2.14. The number of nitrogens with one attached hydrogen (secondary N) is 1. The molecule has 0 radical (unpaired) electrons. The van der Waals surface area contributed by atoms with Crippen molar-refractivity contribution in [2.75, 3.05) is 5.32 Å². The van der Waals surface area contributed by atoms with E-state index in [2.05, 4.69) is 15.4 Å². The van der Waals surface area contributed by atoms with Crippen LogP contribution in [-0.2, 0) is 0 Å². The molecule has 0 saturated carbocycles. The van der Waals surface area contributed by atoms with Gasteiger partial charge < -0.3 is 5.32 Å². The van der Waals surface area contributed by atoms with Crippen LogP contribution >= 0.6 is 11.6 Å². The molecule has 1 amide bonds. The van der Waals surface area contributed by atoms with E-state index in [0.29, 0.717) is 21.6 Å². The molecular weight excluding hydrogens is 384 g/mol. The fraction of sp³-hybridized carbons (Fsp3) is 0.174. The zero-order chi connectivity index (χ0) is 20.7. The van der Waals surface area contributed by atoms with Gasteiger partial charge in [-0.2, -0.15) is 5.10 Å². The molecule has 2 aromatic carbocycles. The molecule has 4 rings (SSSR count). The van der Waals surface area contributed by atoms with Crippen LogP contribution in [0, 0.1) is 27.7 Å². The van der Waals surface area contributed by atoms with Crippen molar-refractivity contribution in [2.24, 2.45) is 0 Å². The fourth-order valence-corrected chi connectivity index (χ4v) is 3.65. The third-order valence-electron chi connectivity index (χ3n) is 4.97. The molecule has 0 aliphatic rings. The van der Waals surface area contributed by atoms with Gasteiger partial charge in [0.15, 0.2) is 5.65 Å². The summed E-state index contributed by atoms with van der Waals surface area (Å²) in [7, 11) is 0. The molecule has 29 heavy (non-hydrogen) atoms. The predicted octanol–water partition coefficient (Wildman–Crippen LogP) is 5.56. The molecule has 1 N–H and O–H groups in total. The van der Waals surface area contributed by atoms with Gasteiger partial charge in [-0.25, -0.2) is 9.67 Å². The van der Waals surface area contributed by atoms with E-state index in [0.717, 1.165) is 28.2 Å². The van der Waals surface area contributed by atoms with Crippen molar-refractivity contribution in [2.45, 2.75) is 27.7 Å². The number of carbonyl (C=O) groups is 1. The highest BCUT2D eigenvalue weighted by Gasteiger charge is 2.20. The maximum absolute atomic E-state index is 12.9. The highest BCUT2D eigenvalue weighted by molar-refractivity contribution is 6.39. The second-order valence-corrected chi connectivity index (χ2v) is 7.67. The van der Waals surface area contributed by atoms with E-state index < -0.39 is 0 Å². The second-order valence-electron chi connectivity index (χ2n) is 7.29. The van der Waals surface area contributed by atoms with Gasteiger partial charge in [-0.1, -0.05) is 41.4 Å². The van der Waals surface area contributed by atoms with E-state index in [4.69, 9.17) is 11.6 Å². The van der Waals surface area contributed by atoms with E-state index >= 15 is 0 Å². The Kier molecular flexibility index (Phi) is 4.84. The lowest BCUT2D eigenvalue weighted by molar-refractivity contribution is 0.102. The normalized spacial score (nSPS) is 11.1. The summed E-state index contributed by atoms with van der Waals surface area (Å²) in [6.45, 7) is 7.84. The van der Waals surface area contributed by atoms with Crippen molar-refractivity contribution in [1.82, 2.24) is 14.8 Å². The Labute approximate surface area is 174 Å². The van der Waals surface area contributed by atoms with Crippen LogP contribution in [0.15, 0.2) is 48.7 Å². The number of rotatable bonds is 3. The molecule has 5 nitrogen and oxygen atoms in total. The first kappa shape index (κ1) is 19.2. The van der Waals surface area contributed by atoms with Crippen LogP contribution in [0.25, 0.3) is 16.7 Å². The van der Waals surface area contributed by atoms with E-state index in [9.17, 15) is 4.79 Å². The van der Waals surface area contributed by atoms with Crippen LogP contribution < -0.4 is 5.32 Å². The first-order valence-electron chi connectivity index (χ1n) is 9.34.